The topological polar surface area (TPSA) is 114 Å². The molecule has 1 saturated carbocycles. The van der Waals surface area contributed by atoms with Gasteiger partial charge in [-0.25, -0.2) is 9.97 Å². The van der Waals surface area contributed by atoms with E-state index in [2.05, 4.69) is 42.9 Å². The van der Waals surface area contributed by atoms with Crippen LogP contribution in [0.25, 0.3) is 10.9 Å². The van der Waals surface area contributed by atoms with E-state index in [4.69, 9.17) is 9.47 Å². The molecule has 9 nitrogen and oxygen atoms in total. The number of rotatable bonds is 5. The second-order valence-corrected chi connectivity index (χ2v) is 8.04. The van der Waals surface area contributed by atoms with E-state index in [1.54, 1.807) is 20.4 Å². The van der Waals surface area contributed by atoms with Crippen LogP contribution in [0, 0.1) is 0 Å². The van der Waals surface area contributed by atoms with Crippen LogP contribution in [0.1, 0.15) is 23.5 Å². The summed E-state index contributed by atoms with van der Waals surface area (Å²) < 4.78 is 10.7. The van der Waals surface area contributed by atoms with Crippen LogP contribution in [-0.4, -0.2) is 40.3 Å². The summed E-state index contributed by atoms with van der Waals surface area (Å²) in [4.78, 5) is 21.1. The number of carbonyl (C=O) groups is 1. The second-order valence-electron chi connectivity index (χ2n) is 8.04. The van der Waals surface area contributed by atoms with E-state index in [1.807, 2.05) is 24.3 Å². The van der Waals surface area contributed by atoms with Crippen LogP contribution in [0.3, 0.4) is 0 Å². The van der Waals surface area contributed by atoms with Crippen LogP contribution < -0.4 is 20.1 Å². The van der Waals surface area contributed by atoms with Gasteiger partial charge in [-0.05, 0) is 47.9 Å². The average molecular weight is 428 g/mol. The number of ether oxygens (including phenoxy) is 2. The van der Waals surface area contributed by atoms with Crippen molar-refractivity contribution >= 4 is 34.1 Å². The Morgan fingerprint density at radius 1 is 1.12 bits per heavy atom. The second kappa shape index (κ2) is 6.68. The maximum absolute atomic E-state index is 12.9. The Labute approximate surface area is 183 Å². The molecule has 1 aliphatic heterocycles. The standard InChI is InChI=1S/C23H20N6O3/c1-31-13-4-6-17-15(8-13)23(22(30)26-17)9-16(23)12-3-5-14-18(7-12)28-29-20(14)27-21-19(32-2)10-24-11-25-21/h3-8,10-11,16H,9H2,1-2H3,(H,26,30)(H2,24,25,27,28,29)/t16-,23-/m1/s1. The lowest BCUT2D eigenvalue weighted by Crippen LogP contribution is -2.21. The SMILES string of the molecule is COc1ccc2c(c1)[C@@]1(C[C@@H]1c1ccc3c(Nc4ncncc4OC)n[nH]c3c1)C(=O)N2. The number of hydrogen-bond donors (Lipinski definition) is 3. The summed E-state index contributed by atoms with van der Waals surface area (Å²) in [6.45, 7) is 0. The molecule has 160 valence electrons. The molecule has 1 aliphatic carbocycles. The van der Waals surface area contributed by atoms with Gasteiger partial charge in [-0.3, -0.25) is 9.89 Å². The highest BCUT2D eigenvalue weighted by Gasteiger charge is 2.65. The number of carbonyl (C=O) groups excluding carboxylic acids is 1. The highest BCUT2D eigenvalue weighted by atomic mass is 16.5. The quantitative estimate of drug-likeness (QED) is 0.446. The molecule has 0 radical (unpaired) electrons. The van der Waals surface area contributed by atoms with Crippen molar-refractivity contribution in [3.05, 3.63) is 60.0 Å². The Hall–Kier alpha value is -4.14. The monoisotopic (exact) mass is 428 g/mol. The third-order valence-corrected chi connectivity index (χ3v) is 6.45. The molecule has 3 N–H and O–H groups in total. The number of H-pyrrole nitrogens is 1. The van der Waals surface area contributed by atoms with E-state index in [9.17, 15) is 4.79 Å². The zero-order chi connectivity index (χ0) is 21.9. The number of anilines is 3. The van der Waals surface area contributed by atoms with E-state index in [1.165, 1.54) is 6.33 Å². The van der Waals surface area contributed by atoms with E-state index >= 15 is 0 Å². The third-order valence-electron chi connectivity index (χ3n) is 6.45. The summed E-state index contributed by atoms with van der Waals surface area (Å²) >= 11 is 0. The fourth-order valence-corrected chi connectivity index (χ4v) is 4.72. The van der Waals surface area contributed by atoms with Crippen LogP contribution in [0.4, 0.5) is 17.3 Å². The highest BCUT2D eigenvalue weighted by Crippen LogP contribution is 2.65. The summed E-state index contributed by atoms with van der Waals surface area (Å²) in [5.74, 6) is 2.61. The molecular weight excluding hydrogens is 408 g/mol. The van der Waals surface area contributed by atoms with Crippen molar-refractivity contribution in [2.75, 3.05) is 24.9 Å². The molecule has 2 aromatic carbocycles. The van der Waals surface area contributed by atoms with Gasteiger partial charge in [0.1, 0.15) is 12.1 Å². The molecule has 1 amide bonds. The lowest BCUT2D eigenvalue weighted by Gasteiger charge is -2.10. The fourth-order valence-electron chi connectivity index (χ4n) is 4.72. The number of aromatic amines is 1. The summed E-state index contributed by atoms with van der Waals surface area (Å²) in [6, 6.07) is 11.9. The molecular formula is C23H20N6O3. The molecule has 4 aromatic rings. The van der Waals surface area contributed by atoms with Gasteiger partial charge >= 0.3 is 0 Å². The minimum atomic E-state index is -0.535. The van der Waals surface area contributed by atoms with Crippen molar-refractivity contribution in [1.29, 1.82) is 0 Å². The van der Waals surface area contributed by atoms with Gasteiger partial charge in [-0.15, -0.1) is 0 Å². The zero-order valence-electron chi connectivity index (χ0n) is 17.5. The van der Waals surface area contributed by atoms with Gasteiger partial charge in [0.15, 0.2) is 17.4 Å². The number of hydrogen-bond acceptors (Lipinski definition) is 7. The minimum Gasteiger partial charge on any atom is -0.497 e. The largest absolute Gasteiger partial charge is 0.497 e. The van der Waals surface area contributed by atoms with Crippen molar-refractivity contribution in [3.63, 3.8) is 0 Å². The summed E-state index contributed by atoms with van der Waals surface area (Å²) in [5, 5.41) is 14.6. The molecule has 1 fully saturated rings. The number of nitrogens with one attached hydrogen (secondary N) is 3. The predicted molar refractivity (Wildman–Crippen MR) is 119 cm³/mol. The Balaban J connectivity index is 1.33. The van der Waals surface area contributed by atoms with Gasteiger partial charge in [-0.2, -0.15) is 5.10 Å². The Bertz CT molecular complexity index is 1380. The molecule has 3 heterocycles. The van der Waals surface area contributed by atoms with E-state index in [0.717, 1.165) is 39.9 Å². The predicted octanol–water partition coefficient (Wildman–Crippen LogP) is 3.49. The number of fused-ring (bicyclic) bond motifs is 3. The van der Waals surface area contributed by atoms with Crippen molar-refractivity contribution < 1.29 is 14.3 Å². The lowest BCUT2D eigenvalue weighted by atomic mass is 9.91. The molecule has 0 saturated heterocycles. The fraction of sp³-hybridized carbons (Fsp3) is 0.217. The normalized spacial score (nSPS) is 20.8. The first-order valence-corrected chi connectivity index (χ1v) is 10.2. The molecule has 0 bridgehead atoms. The average Bonchev–Trinajstić information content (AvgIpc) is 3.38. The van der Waals surface area contributed by atoms with Crippen molar-refractivity contribution in [3.8, 4) is 11.5 Å². The van der Waals surface area contributed by atoms with E-state index < -0.39 is 5.41 Å². The highest BCUT2D eigenvalue weighted by molar-refractivity contribution is 6.10. The molecule has 32 heavy (non-hydrogen) atoms. The summed E-state index contributed by atoms with van der Waals surface area (Å²) in [7, 11) is 3.20. The van der Waals surface area contributed by atoms with E-state index in [0.29, 0.717) is 17.4 Å². The first-order valence-electron chi connectivity index (χ1n) is 10.2. The molecule has 0 unspecified atom stereocenters. The summed E-state index contributed by atoms with van der Waals surface area (Å²) in [6.07, 6.45) is 3.81. The van der Waals surface area contributed by atoms with Gasteiger partial charge in [0.05, 0.1) is 31.3 Å². The van der Waals surface area contributed by atoms with Crippen LogP contribution >= 0.6 is 0 Å². The Morgan fingerprint density at radius 2 is 2.03 bits per heavy atom. The van der Waals surface area contributed by atoms with Gasteiger partial charge < -0.3 is 20.1 Å². The molecule has 2 aliphatic rings. The summed E-state index contributed by atoms with van der Waals surface area (Å²) in [5.41, 5.74) is 3.32. The first-order chi connectivity index (χ1) is 15.6. The van der Waals surface area contributed by atoms with Gasteiger partial charge in [-0.1, -0.05) is 6.07 Å². The van der Waals surface area contributed by atoms with E-state index in [-0.39, 0.29) is 11.8 Å². The molecule has 9 heteroatoms. The number of benzene rings is 2. The Morgan fingerprint density at radius 3 is 2.88 bits per heavy atom. The molecule has 2 aromatic heterocycles. The van der Waals surface area contributed by atoms with Gasteiger partial charge in [0.25, 0.3) is 0 Å². The smallest absolute Gasteiger partial charge is 0.235 e. The molecule has 1 spiro atoms. The van der Waals surface area contributed by atoms with Crippen LogP contribution in [0.2, 0.25) is 0 Å². The lowest BCUT2D eigenvalue weighted by molar-refractivity contribution is -0.118. The number of nitrogens with zero attached hydrogens (tertiary/aromatic N) is 3. The van der Waals surface area contributed by atoms with Gasteiger partial charge in [0, 0.05) is 17.0 Å². The van der Waals surface area contributed by atoms with Crippen molar-refractivity contribution in [2.24, 2.45) is 0 Å². The third kappa shape index (κ3) is 2.57. The number of methoxy groups -OCH3 is 2. The van der Waals surface area contributed by atoms with Crippen LogP contribution in [0.5, 0.6) is 11.5 Å². The number of amides is 1. The van der Waals surface area contributed by atoms with Gasteiger partial charge in [0.2, 0.25) is 5.91 Å². The van der Waals surface area contributed by atoms with Crippen molar-refractivity contribution in [1.82, 2.24) is 20.2 Å². The maximum Gasteiger partial charge on any atom is 0.235 e. The first kappa shape index (κ1) is 18.6. The van der Waals surface area contributed by atoms with Crippen LogP contribution in [0.15, 0.2) is 48.9 Å². The van der Waals surface area contributed by atoms with Crippen molar-refractivity contribution in [2.45, 2.75) is 17.8 Å². The minimum absolute atomic E-state index is 0.0497. The molecule has 2 atom stereocenters. The zero-order valence-corrected chi connectivity index (χ0v) is 17.5. The Kier molecular flexibility index (Phi) is 3.89. The number of aromatic nitrogens is 4. The van der Waals surface area contributed by atoms with Crippen LogP contribution in [-0.2, 0) is 10.2 Å². The maximum atomic E-state index is 12.9. The molecule has 6 rings (SSSR count).